The van der Waals surface area contributed by atoms with Crippen molar-refractivity contribution in [3.8, 4) is 0 Å². The van der Waals surface area contributed by atoms with Crippen LogP contribution in [0.4, 0.5) is 15.9 Å². The molecule has 0 radical (unpaired) electrons. The first-order valence-electron chi connectivity index (χ1n) is 7.39. The number of hydrogen-bond donors (Lipinski definition) is 3. The minimum atomic E-state index is -0.612. The molecule has 122 valence electrons. The highest BCUT2D eigenvalue weighted by atomic mass is 19.1. The fourth-order valence-corrected chi connectivity index (χ4v) is 2.31. The molecule has 0 aliphatic carbocycles. The van der Waals surface area contributed by atoms with Crippen LogP contribution in [0.25, 0.3) is 11.0 Å². The first kappa shape index (κ1) is 15.8. The topological polar surface area (TPSA) is 107 Å². The molecule has 0 amide bonds. The quantitative estimate of drug-likeness (QED) is 0.489. The minimum absolute atomic E-state index is 0.0697. The number of anilines is 2. The molecular weight excluding hydrogens is 309 g/mol. The first-order chi connectivity index (χ1) is 11.6. The number of hydrogen-bond acceptors (Lipinski definition) is 6. The third-order valence-electron chi connectivity index (χ3n) is 3.49. The smallest absolute Gasteiger partial charge is 0.196 e. The molecule has 0 saturated heterocycles. The van der Waals surface area contributed by atoms with Gasteiger partial charge in [-0.25, -0.2) is 9.37 Å². The van der Waals surface area contributed by atoms with Gasteiger partial charge in [-0.15, -0.1) is 0 Å². The second kappa shape index (κ2) is 6.59. The molecule has 3 rings (SSSR count). The number of carbonyl (C=O) groups is 1. The van der Waals surface area contributed by atoms with Gasteiger partial charge in [0.2, 0.25) is 0 Å². The maximum atomic E-state index is 13.9. The van der Waals surface area contributed by atoms with E-state index in [0.29, 0.717) is 41.2 Å². The Bertz CT molecular complexity index is 913. The van der Waals surface area contributed by atoms with E-state index >= 15 is 0 Å². The van der Waals surface area contributed by atoms with E-state index in [0.717, 1.165) is 0 Å². The van der Waals surface area contributed by atoms with Crippen molar-refractivity contribution in [2.45, 2.75) is 0 Å². The summed E-state index contributed by atoms with van der Waals surface area (Å²) in [6.45, 7) is 1.03. The molecular formula is C17H16FN5O. The van der Waals surface area contributed by atoms with Crippen molar-refractivity contribution in [1.82, 2.24) is 9.97 Å². The van der Waals surface area contributed by atoms with E-state index in [-0.39, 0.29) is 5.56 Å². The fraction of sp³-hybridized carbons (Fsp3) is 0.118. The van der Waals surface area contributed by atoms with E-state index in [1.54, 1.807) is 24.4 Å². The number of halogens is 1. The number of carbonyl (C=O) groups excluding carboxylic acids is 1. The largest absolute Gasteiger partial charge is 0.399 e. The van der Waals surface area contributed by atoms with Crippen LogP contribution in [-0.4, -0.2) is 28.8 Å². The van der Waals surface area contributed by atoms with E-state index in [1.165, 1.54) is 18.2 Å². The highest BCUT2D eigenvalue weighted by molar-refractivity contribution is 6.10. The third-order valence-corrected chi connectivity index (χ3v) is 3.49. The molecule has 1 heterocycles. The summed E-state index contributed by atoms with van der Waals surface area (Å²) in [5.41, 5.74) is 12.8. The first-order valence-corrected chi connectivity index (χ1v) is 7.39. The highest BCUT2D eigenvalue weighted by Gasteiger charge is 2.15. The van der Waals surface area contributed by atoms with Crippen LogP contribution >= 0.6 is 0 Å². The van der Waals surface area contributed by atoms with Crippen LogP contribution in [-0.2, 0) is 0 Å². The van der Waals surface area contributed by atoms with Gasteiger partial charge in [-0.3, -0.25) is 9.78 Å². The Labute approximate surface area is 137 Å². The lowest BCUT2D eigenvalue weighted by Gasteiger charge is -2.07. The zero-order valence-corrected chi connectivity index (χ0v) is 12.8. The van der Waals surface area contributed by atoms with Crippen LogP contribution in [0, 0.1) is 5.82 Å². The minimum Gasteiger partial charge on any atom is -0.399 e. The molecule has 6 nitrogen and oxygen atoms in total. The molecule has 24 heavy (non-hydrogen) atoms. The number of ketones is 1. The van der Waals surface area contributed by atoms with Crippen molar-refractivity contribution in [3.05, 3.63) is 59.5 Å². The lowest BCUT2D eigenvalue weighted by atomic mass is 10.0. The molecule has 0 aliphatic heterocycles. The van der Waals surface area contributed by atoms with Crippen molar-refractivity contribution in [3.63, 3.8) is 0 Å². The maximum absolute atomic E-state index is 13.9. The Morgan fingerprint density at radius 2 is 2.00 bits per heavy atom. The molecule has 7 heteroatoms. The summed E-state index contributed by atoms with van der Waals surface area (Å²) in [6.07, 6.45) is 1.59. The van der Waals surface area contributed by atoms with Crippen molar-refractivity contribution < 1.29 is 9.18 Å². The Balaban J connectivity index is 1.99. The summed E-state index contributed by atoms with van der Waals surface area (Å²) in [7, 11) is 0. The van der Waals surface area contributed by atoms with Gasteiger partial charge < -0.3 is 16.8 Å². The maximum Gasteiger partial charge on any atom is 0.196 e. The summed E-state index contributed by atoms with van der Waals surface area (Å²) in [5.74, 6) is -0.504. The Morgan fingerprint density at radius 1 is 1.17 bits per heavy atom. The van der Waals surface area contributed by atoms with Crippen LogP contribution in [0.1, 0.15) is 15.9 Å². The Hall–Kier alpha value is -3.06. The molecule has 0 unspecified atom stereocenters. The van der Waals surface area contributed by atoms with Gasteiger partial charge in [-0.1, -0.05) is 0 Å². The number of rotatable bonds is 5. The van der Waals surface area contributed by atoms with Crippen LogP contribution < -0.4 is 16.8 Å². The van der Waals surface area contributed by atoms with Gasteiger partial charge in [0, 0.05) is 24.3 Å². The average molecular weight is 325 g/mol. The van der Waals surface area contributed by atoms with E-state index < -0.39 is 11.6 Å². The average Bonchev–Trinajstić information content (AvgIpc) is 2.60. The van der Waals surface area contributed by atoms with Gasteiger partial charge >= 0.3 is 0 Å². The van der Waals surface area contributed by atoms with Gasteiger partial charge in [0.15, 0.2) is 5.78 Å². The third kappa shape index (κ3) is 3.16. The number of nitrogens with two attached hydrogens (primary N) is 2. The van der Waals surface area contributed by atoms with Gasteiger partial charge in [-0.2, -0.15) is 0 Å². The lowest BCUT2D eigenvalue weighted by Crippen LogP contribution is -2.14. The summed E-state index contributed by atoms with van der Waals surface area (Å²) in [4.78, 5) is 21.2. The van der Waals surface area contributed by atoms with E-state index in [2.05, 4.69) is 15.3 Å². The molecule has 1 aromatic heterocycles. The summed E-state index contributed by atoms with van der Waals surface area (Å²) in [6, 6.07) is 8.76. The van der Waals surface area contributed by atoms with Gasteiger partial charge in [0.05, 0.1) is 22.8 Å². The molecule has 3 aromatic rings. The van der Waals surface area contributed by atoms with Gasteiger partial charge in [0.1, 0.15) is 11.6 Å². The van der Waals surface area contributed by atoms with Crippen molar-refractivity contribution in [1.29, 1.82) is 0 Å². The second-order valence-electron chi connectivity index (χ2n) is 5.24. The number of fused-ring (bicyclic) bond motifs is 1. The van der Waals surface area contributed by atoms with Crippen molar-refractivity contribution in [2.75, 3.05) is 24.1 Å². The number of nitrogen functional groups attached to an aromatic ring is 1. The van der Waals surface area contributed by atoms with Crippen LogP contribution in [0.2, 0.25) is 0 Å². The highest BCUT2D eigenvalue weighted by Crippen LogP contribution is 2.20. The van der Waals surface area contributed by atoms with Crippen molar-refractivity contribution in [2.24, 2.45) is 5.73 Å². The normalized spacial score (nSPS) is 10.8. The number of aromatic nitrogens is 2. The van der Waals surface area contributed by atoms with Gasteiger partial charge in [0.25, 0.3) is 0 Å². The van der Waals surface area contributed by atoms with Crippen LogP contribution in [0.15, 0.2) is 42.6 Å². The van der Waals surface area contributed by atoms with Crippen LogP contribution in [0.3, 0.4) is 0 Å². The molecule has 0 saturated carbocycles. The van der Waals surface area contributed by atoms with Crippen molar-refractivity contribution >= 4 is 28.3 Å². The molecule has 0 atom stereocenters. The Kier molecular flexibility index (Phi) is 4.35. The summed E-state index contributed by atoms with van der Waals surface area (Å²) >= 11 is 0. The predicted molar refractivity (Wildman–Crippen MR) is 91.3 cm³/mol. The molecule has 0 aliphatic rings. The molecule has 0 bridgehead atoms. The monoisotopic (exact) mass is 325 g/mol. The zero-order valence-electron chi connectivity index (χ0n) is 12.8. The SMILES string of the molecule is NCCNc1cnc2ccc(C(=O)c3cc(N)ccc3F)cc2n1. The molecule has 0 fully saturated rings. The molecule has 5 N–H and O–H groups in total. The van der Waals surface area contributed by atoms with E-state index in [9.17, 15) is 9.18 Å². The number of nitrogens with one attached hydrogen (secondary N) is 1. The Morgan fingerprint density at radius 3 is 2.79 bits per heavy atom. The second-order valence-corrected chi connectivity index (χ2v) is 5.24. The predicted octanol–water partition coefficient (Wildman–Crippen LogP) is 1.95. The number of nitrogens with zero attached hydrogens (tertiary/aromatic N) is 2. The van der Waals surface area contributed by atoms with E-state index in [4.69, 9.17) is 11.5 Å². The molecule has 0 spiro atoms. The van der Waals surface area contributed by atoms with Crippen LogP contribution in [0.5, 0.6) is 0 Å². The van der Waals surface area contributed by atoms with Gasteiger partial charge in [-0.05, 0) is 36.4 Å². The lowest BCUT2D eigenvalue weighted by molar-refractivity contribution is 0.103. The summed E-state index contributed by atoms with van der Waals surface area (Å²) < 4.78 is 13.9. The summed E-state index contributed by atoms with van der Waals surface area (Å²) in [5, 5.41) is 3.02. The molecule has 2 aromatic carbocycles. The van der Waals surface area contributed by atoms with E-state index in [1.807, 2.05) is 0 Å². The number of benzene rings is 2. The fourth-order valence-electron chi connectivity index (χ4n) is 2.31. The zero-order chi connectivity index (χ0) is 17.1. The standard InChI is InChI=1S/C17H16FN5O/c18-13-3-2-11(20)8-12(13)17(24)10-1-4-14-15(7-10)23-16(9-22-14)21-6-5-19/h1-4,7-9H,5-6,19-20H2,(H,21,23).